The van der Waals surface area contributed by atoms with Gasteiger partial charge < -0.3 is 14.9 Å². The predicted molar refractivity (Wildman–Crippen MR) is 55.9 cm³/mol. The molecule has 0 bridgehead atoms. The summed E-state index contributed by atoms with van der Waals surface area (Å²) in [7, 11) is 0. The van der Waals surface area contributed by atoms with Gasteiger partial charge in [0.2, 0.25) is 0 Å². The molecule has 0 amide bonds. The highest BCUT2D eigenvalue weighted by molar-refractivity contribution is 5.67. The van der Waals surface area contributed by atoms with Gasteiger partial charge in [-0.3, -0.25) is 9.59 Å². The third kappa shape index (κ3) is 24.6. The Morgan fingerprint density at radius 2 is 1.27 bits per heavy atom. The molecule has 0 fully saturated rings. The summed E-state index contributed by atoms with van der Waals surface area (Å²) >= 11 is 0. The second-order valence-corrected chi connectivity index (χ2v) is 2.78. The van der Waals surface area contributed by atoms with Gasteiger partial charge in [0.1, 0.15) is 0 Å². The quantitative estimate of drug-likeness (QED) is 0.639. The van der Waals surface area contributed by atoms with Crippen LogP contribution in [0.5, 0.6) is 0 Å². The SMILES string of the molecule is CCOCC.O=C(O)CCCCC(=O)O. The first-order chi connectivity index (χ1) is 7.04. The summed E-state index contributed by atoms with van der Waals surface area (Å²) in [5.41, 5.74) is 0. The number of aliphatic carboxylic acids is 2. The van der Waals surface area contributed by atoms with Crippen LogP contribution in [-0.4, -0.2) is 35.4 Å². The molecule has 0 aliphatic heterocycles. The van der Waals surface area contributed by atoms with Crippen molar-refractivity contribution in [1.29, 1.82) is 0 Å². The third-order valence-electron chi connectivity index (χ3n) is 1.44. The molecule has 5 heteroatoms. The Labute approximate surface area is 90.1 Å². The van der Waals surface area contributed by atoms with Crippen molar-refractivity contribution < 1.29 is 24.5 Å². The van der Waals surface area contributed by atoms with E-state index in [1.54, 1.807) is 0 Å². The first-order valence-electron chi connectivity index (χ1n) is 5.05. The number of carboxylic acids is 2. The van der Waals surface area contributed by atoms with E-state index in [4.69, 9.17) is 14.9 Å². The van der Waals surface area contributed by atoms with Crippen molar-refractivity contribution in [2.45, 2.75) is 39.5 Å². The highest BCUT2D eigenvalue weighted by atomic mass is 16.5. The van der Waals surface area contributed by atoms with Gasteiger partial charge in [0.05, 0.1) is 0 Å². The van der Waals surface area contributed by atoms with E-state index in [2.05, 4.69) is 0 Å². The van der Waals surface area contributed by atoms with Crippen molar-refractivity contribution in [2.24, 2.45) is 0 Å². The van der Waals surface area contributed by atoms with Gasteiger partial charge in [0.15, 0.2) is 0 Å². The van der Waals surface area contributed by atoms with Gasteiger partial charge in [-0.05, 0) is 26.7 Å². The Morgan fingerprint density at radius 3 is 1.40 bits per heavy atom. The molecule has 0 aliphatic carbocycles. The molecule has 0 rings (SSSR count). The summed E-state index contributed by atoms with van der Waals surface area (Å²) in [6, 6.07) is 0. The zero-order valence-electron chi connectivity index (χ0n) is 9.36. The lowest BCUT2D eigenvalue weighted by atomic mass is 10.2. The Morgan fingerprint density at radius 1 is 0.933 bits per heavy atom. The molecule has 0 aromatic carbocycles. The number of hydrogen-bond acceptors (Lipinski definition) is 3. The first kappa shape index (κ1) is 16.3. The number of rotatable bonds is 7. The van der Waals surface area contributed by atoms with Crippen LogP contribution in [0.15, 0.2) is 0 Å². The fourth-order valence-corrected chi connectivity index (χ4v) is 0.757. The highest BCUT2D eigenvalue weighted by Gasteiger charge is 1.99. The van der Waals surface area contributed by atoms with E-state index in [1.807, 2.05) is 13.8 Å². The van der Waals surface area contributed by atoms with Crippen LogP contribution in [0.25, 0.3) is 0 Å². The molecular formula is C10H20O5. The molecule has 0 aromatic heterocycles. The smallest absolute Gasteiger partial charge is 0.303 e. The predicted octanol–water partition coefficient (Wildman–Crippen LogP) is 1.76. The van der Waals surface area contributed by atoms with Crippen molar-refractivity contribution in [2.75, 3.05) is 13.2 Å². The van der Waals surface area contributed by atoms with Crippen LogP contribution in [0.3, 0.4) is 0 Å². The number of unbranched alkanes of at least 4 members (excludes halogenated alkanes) is 1. The number of ether oxygens (including phenoxy) is 1. The highest BCUT2D eigenvalue weighted by Crippen LogP contribution is 1.98. The molecule has 5 nitrogen and oxygen atoms in total. The van der Waals surface area contributed by atoms with Crippen LogP contribution in [-0.2, 0) is 14.3 Å². The van der Waals surface area contributed by atoms with Crippen molar-refractivity contribution in [3.8, 4) is 0 Å². The molecule has 0 radical (unpaired) electrons. The molecule has 0 aliphatic rings. The maximum absolute atomic E-state index is 9.90. The Hall–Kier alpha value is -1.10. The second kappa shape index (κ2) is 12.9. The van der Waals surface area contributed by atoms with Crippen molar-refractivity contribution in [1.82, 2.24) is 0 Å². The van der Waals surface area contributed by atoms with Gasteiger partial charge in [0.25, 0.3) is 0 Å². The van der Waals surface area contributed by atoms with Crippen molar-refractivity contribution in [3.63, 3.8) is 0 Å². The summed E-state index contributed by atoms with van der Waals surface area (Å²) in [5, 5.41) is 16.3. The average Bonchev–Trinajstić information content (AvgIpc) is 2.14. The van der Waals surface area contributed by atoms with E-state index in [0.29, 0.717) is 12.8 Å². The molecular weight excluding hydrogens is 200 g/mol. The van der Waals surface area contributed by atoms with Crippen molar-refractivity contribution >= 4 is 11.9 Å². The topological polar surface area (TPSA) is 83.8 Å². The number of carbonyl (C=O) groups is 2. The maximum atomic E-state index is 9.90. The standard InChI is InChI=1S/C6H10O4.C4H10O/c7-5(8)3-1-2-4-6(9)10;1-3-5-4-2/h1-4H2,(H,7,8)(H,9,10);3-4H2,1-2H3. The lowest BCUT2D eigenvalue weighted by molar-refractivity contribution is -0.139. The average molecular weight is 220 g/mol. The molecule has 0 unspecified atom stereocenters. The zero-order valence-corrected chi connectivity index (χ0v) is 9.36. The van der Waals surface area contributed by atoms with Gasteiger partial charge in [-0.25, -0.2) is 0 Å². The lowest BCUT2D eigenvalue weighted by Crippen LogP contribution is -1.97. The van der Waals surface area contributed by atoms with E-state index < -0.39 is 11.9 Å². The Bertz CT molecular complexity index is 149. The van der Waals surface area contributed by atoms with Crippen LogP contribution in [0.2, 0.25) is 0 Å². The Balaban J connectivity index is 0. The van der Waals surface area contributed by atoms with Crippen LogP contribution >= 0.6 is 0 Å². The summed E-state index contributed by atoms with van der Waals surface area (Å²) in [5.74, 6) is -1.74. The molecule has 0 saturated carbocycles. The van der Waals surface area contributed by atoms with Gasteiger partial charge in [0, 0.05) is 26.1 Å². The van der Waals surface area contributed by atoms with E-state index in [9.17, 15) is 9.59 Å². The minimum absolute atomic E-state index is 0.0628. The zero-order chi connectivity index (χ0) is 12.1. The van der Waals surface area contributed by atoms with Crippen LogP contribution < -0.4 is 0 Å². The van der Waals surface area contributed by atoms with Gasteiger partial charge >= 0.3 is 11.9 Å². The summed E-state index contributed by atoms with van der Waals surface area (Å²) in [6.45, 7) is 5.67. The minimum atomic E-state index is -0.870. The number of carboxylic acid groups (broad SMARTS) is 2. The van der Waals surface area contributed by atoms with E-state index in [-0.39, 0.29) is 12.8 Å². The molecule has 0 heterocycles. The maximum Gasteiger partial charge on any atom is 0.303 e. The Kier molecular flexibility index (Phi) is 14.0. The van der Waals surface area contributed by atoms with Crippen molar-refractivity contribution in [3.05, 3.63) is 0 Å². The third-order valence-corrected chi connectivity index (χ3v) is 1.44. The largest absolute Gasteiger partial charge is 0.481 e. The number of hydrogen-bond donors (Lipinski definition) is 2. The monoisotopic (exact) mass is 220 g/mol. The van der Waals surface area contributed by atoms with E-state index >= 15 is 0 Å². The van der Waals surface area contributed by atoms with E-state index in [1.165, 1.54) is 0 Å². The fraction of sp³-hybridized carbons (Fsp3) is 0.800. The first-order valence-corrected chi connectivity index (χ1v) is 5.05. The second-order valence-electron chi connectivity index (χ2n) is 2.78. The summed E-state index contributed by atoms with van der Waals surface area (Å²) < 4.78 is 4.83. The molecule has 0 spiro atoms. The van der Waals surface area contributed by atoms with Gasteiger partial charge in [-0.2, -0.15) is 0 Å². The lowest BCUT2D eigenvalue weighted by Gasteiger charge is -1.92. The molecule has 0 atom stereocenters. The van der Waals surface area contributed by atoms with Gasteiger partial charge in [-0.1, -0.05) is 0 Å². The molecule has 0 saturated heterocycles. The van der Waals surface area contributed by atoms with Crippen LogP contribution in [0, 0.1) is 0 Å². The molecule has 15 heavy (non-hydrogen) atoms. The summed E-state index contributed by atoms with van der Waals surface area (Å²) in [6.07, 6.45) is 1.02. The minimum Gasteiger partial charge on any atom is -0.481 e. The fourth-order valence-electron chi connectivity index (χ4n) is 0.757. The summed E-state index contributed by atoms with van der Waals surface area (Å²) in [4.78, 5) is 19.8. The molecule has 0 aromatic rings. The van der Waals surface area contributed by atoms with Gasteiger partial charge in [-0.15, -0.1) is 0 Å². The molecule has 90 valence electrons. The van der Waals surface area contributed by atoms with E-state index in [0.717, 1.165) is 13.2 Å². The normalized spacial score (nSPS) is 8.93. The van der Waals surface area contributed by atoms with Crippen LogP contribution in [0.1, 0.15) is 39.5 Å². The van der Waals surface area contributed by atoms with Crippen LogP contribution in [0.4, 0.5) is 0 Å². The molecule has 2 N–H and O–H groups in total.